The molecular formula is C18H9BrFN3O3. The molecule has 0 fully saturated rings. The summed E-state index contributed by atoms with van der Waals surface area (Å²) in [4.78, 5) is 25.1. The van der Waals surface area contributed by atoms with Crippen LogP contribution in [-0.4, -0.2) is 9.91 Å². The third kappa shape index (κ3) is 3.12. The Bertz CT molecular complexity index is 1120. The molecule has 0 spiro atoms. The molecule has 0 unspecified atom stereocenters. The summed E-state index contributed by atoms with van der Waals surface area (Å²) in [6, 6.07) is 13.4. The number of hydrogen-bond donors (Lipinski definition) is 1. The number of nitriles is 1. The van der Waals surface area contributed by atoms with E-state index in [1.165, 1.54) is 42.5 Å². The quantitative estimate of drug-likeness (QED) is 0.508. The minimum atomic E-state index is -0.669. The van der Waals surface area contributed by atoms with E-state index in [2.05, 4.69) is 20.9 Å². The van der Waals surface area contributed by atoms with Crippen molar-refractivity contribution in [1.29, 1.82) is 5.26 Å². The van der Waals surface area contributed by atoms with Crippen LogP contribution in [0.25, 0.3) is 22.4 Å². The maximum atomic E-state index is 14.5. The topological polar surface area (TPSA) is 99.8 Å². The van der Waals surface area contributed by atoms with Gasteiger partial charge in [-0.25, -0.2) is 4.39 Å². The predicted molar refractivity (Wildman–Crippen MR) is 97.0 cm³/mol. The van der Waals surface area contributed by atoms with E-state index in [9.17, 15) is 24.6 Å². The normalized spacial score (nSPS) is 10.3. The molecule has 0 aliphatic carbocycles. The largest absolute Gasteiger partial charge is 0.321 e. The van der Waals surface area contributed by atoms with Gasteiger partial charge < -0.3 is 4.98 Å². The SMILES string of the molecule is N#Cc1c(-c2cccc(Br)c2F)cc(-c2ccc([N+](=O)[O-])cc2)[nH]c1=O. The van der Waals surface area contributed by atoms with Gasteiger partial charge in [-0.1, -0.05) is 12.1 Å². The highest BCUT2D eigenvalue weighted by Gasteiger charge is 2.17. The molecule has 1 N–H and O–H groups in total. The van der Waals surface area contributed by atoms with Gasteiger partial charge in [-0.2, -0.15) is 5.26 Å². The number of halogens is 2. The molecule has 0 amide bonds. The average molecular weight is 414 g/mol. The van der Waals surface area contributed by atoms with E-state index in [0.717, 1.165) is 0 Å². The van der Waals surface area contributed by atoms with Crippen LogP contribution in [0.2, 0.25) is 0 Å². The summed E-state index contributed by atoms with van der Waals surface area (Å²) in [5, 5.41) is 20.1. The number of nitro groups is 1. The van der Waals surface area contributed by atoms with Crippen LogP contribution in [0.4, 0.5) is 10.1 Å². The number of benzene rings is 2. The second-order valence-corrected chi connectivity index (χ2v) is 6.17. The van der Waals surface area contributed by atoms with E-state index < -0.39 is 16.3 Å². The van der Waals surface area contributed by atoms with Gasteiger partial charge in [0.2, 0.25) is 0 Å². The van der Waals surface area contributed by atoms with Crippen molar-refractivity contribution in [2.75, 3.05) is 0 Å². The van der Waals surface area contributed by atoms with Crippen molar-refractivity contribution >= 4 is 21.6 Å². The Morgan fingerprint density at radius 2 is 1.85 bits per heavy atom. The van der Waals surface area contributed by atoms with Gasteiger partial charge in [-0.15, -0.1) is 0 Å². The Morgan fingerprint density at radius 1 is 1.15 bits per heavy atom. The van der Waals surface area contributed by atoms with Crippen LogP contribution >= 0.6 is 15.9 Å². The molecule has 1 heterocycles. The number of nitro benzene ring substituents is 1. The van der Waals surface area contributed by atoms with Gasteiger partial charge in [0, 0.05) is 29.0 Å². The molecule has 2 aromatic carbocycles. The number of aromatic amines is 1. The summed E-state index contributed by atoms with van der Waals surface area (Å²) in [5.41, 5.74) is 0.0779. The van der Waals surface area contributed by atoms with Gasteiger partial charge >= 0.3 is 0 Å². The van der Waals surface area contributed by atoms with Crippen LogP contribution in [0.3, 0.4) is 0 Å². The fourth-order valence-corrected chi connectivity index (χ4v) is 2.88. The molecule has 0 bridgehead atoms. The van der Waals surface area contributed by atoms with E-state index >= 15 is 0 Å². The lowest BCUT2D eigenvalue weighted by Gasteiger charge is -2.09. The summed E-state index contributed by atoms with van der Waals surface area (Å²) in [7, 11) is 0. The number of nitrogens with zero attached hydrogens (tertiary/aromatic N) is 2. The first-order valence-corrected chi connectivity index (χ1v) is 8.08. The van der Waals surface area contributed by atoms with E-state index in [0.29, 0.717) is 11.3 Å². The van der Waals surface area contributed by atoms with Crippen LogP contribution in [-0.2, 0) is 0 Å². The van der Waals surface area contributed by atoms with Crippen molar-refractivity contribution in [2.45, 2.75) is 0 Å². The van der Waals surface area contributed by atoms with Crippen molar-refractivity contribution in [1.82, 2.24) is 4.98 Å². The highest BCUT2D eigenvalue weighted by molar-refractivity contribution is 9.10. The fraction of sp³-hybridized carbons (Fsp3) is 0. The lowest BCUT2D eigenvalue weighted by atomic mass is 9.98. The Kier molecular flexibility index (Phi) is 4.65. The van der Waals surface area contributed by atoms with Gasteiger partial charge in [0.1, 0.15) is 17.4 Å². The van der Waals surface area contributed by atoms with Crippen LogP contribution in [0.5, 0.6) is 0 Å². The smallest absolute Gasteiger partial charge is 0.269 e. The van der Waals surface area contributed by atoms with Crippen molar-refractivity contribution in [3.05, 3.63) is 84.9 Å². The molecule has 0 radical (unpaired) electrons. The second kappa shape index (κ2) is 6.90. The highest BCUT2D eigenvalue weighted by atomic mass is 79.9. The molecule has 0 aliphatic rings. The number of non-ortho nitro benzene ring substituents is 1. The molecule has 1 aromatic heterocycles. The Hall–Kier alpha value is -3.31. The minimum Gasteiger partial charge on any atom is -0.321 e. The molecule has 6 nitrogen and oxygen atoms in total. The molecule has 0 atom stereocenters. The van der Waals surface area contributed by atoms with Crippen LogP contribution in [0.15, 0.2) is 57.8 Å². The van der Waals surface area contributed by atoms with Gasteiger partial charge in [-0.3, -0.25) is 14.9 Å². The van der Waals surface area contributed by atoms with Crippen molar-refractivity contribution in [3.63, 3.8) is 0 Å². The number of hydrogen-bond acceptors (Lipinski definition) is 4. The zero-order chi connectivity index (χ0) is 18.8. The Labute approximate surface area is 154 Å². The van der Waals surface area contributed by atoms with Crippen LogP contribution in [0, 0.1) is 27.3 Å². The van der Waals surface area contributed by atoms with Gasteiger partial charge in [-0.05, 0) is 45.8 Å². The van der Waals surface area contributed by atoms with Gasteiger partial charge in [0.05, 0.1) is 9.40 Å². The van der Waals surface area contributed by atoms with Gasteiger partial charge in [0.25, 0.3) is 11.2 Å². The summed E-state index contributed by atoms with van der Waals surface area (Å²) >= 11 is 3.09. The maximum Gasteiger partial charge on any atom is 0.269 e. The first-order valence-electron chi connectivity index (χ1n) is 7.29. The van der Waals surface area contributed by atoms with Crippen molar-refractivity contribution in [3.8, 4) is 28.5 Å². The molecule has 26 heavy (non-hydrogen) atoms. The Balaban J connectivity index is 2.23. The summed E-state index contributed by atoms with van der Waals surface area (Å²) in [6.07, 6.45) is 0. The molecule has 8 heteroatoms. The third-order valence-electron chi connectivity index (χ3n) is 3.78. The van der Waals surface area contributed by atoms with E-state index in [-0.39, 0.29) is 26.9 Å². The van der Waals surface area contributed by atoms with Crippen molar-refractivity contribution in [2.24, 2.45) is 0 Å². The summed E-state index contributed by atoms with van der Waals surface area (Å²) in [6.45, 7) is 0. The number of rotatable bonds is 3. The van der Waals surface area contributed by atoms with Crippen molar-refractivity contribution < 1.29 is 9.31 Å². The Morgan fingerprint density at radius 3 is 2.46 bits per heavy atom. The minimum absolute atomic E-state index is 0.0944. The number of pyridine rings is 1. The summed E-state index contributed by atoms with van der Waals surface area (Å²) < 4.78 is 14.7. The molecule has 3 rings (SSSR count). The van der Waals surface area contributed by atoms with E-state index in [4.69, 9.17) is 0 Å². The summed E-state index contributed by atoms with van der Waals surface area (Å²) in [5.74, 6) is -0.593. The first kappa shape index (κ1) is 17.5. The fourth-order valence-electron chi connectivity index (χ4n) is 2.51. The molecule has 128 valence electrons. The number of nitrogens with one attached hydrogen (secondary N) is 1. The first-order chi connectivity index (χ1) is 12.4. The zero-order valence-corrected chi connectivity index (χ0v) is 14.6. The van der Waals surface area contributed by atoms with E-state index in [1.54, 1.807) is 12.1 Å². The predicted octanol–water partition coefficient (Wildman–Crippen LogP) is 4.39. The average Bonchev–Trinajstić information content (AvgIpc) is 2.63. The van der Waals surface area contributed by atoms with E-state index in [1.807, 2.05) is 0 Å². The van der Waals surface area contributed by atoms with Gasteiger partial charge in [0.15, 0.2) is 0 Å². The molecule has 0 saturated heterocycles. The highest BCUT2D eigenvalue weighted by Crippen LogP contribution is 2.31. The molecular weight excluding hydrogens is 405 g/mol. The monoisotopic (exact) mass is 413 g/mol. The zero-order valence-electron chi connectivity index (χ0n) is 13.0. The maximum absolute atomic E-state index is 14.5. The molecule has 0 aliphatic heterocycles. The number of H-pyrrole nitrogens is 1. The number of aromatic nitrogens is 1. The molecule has 3 aromatic rings. The lowest BCUT2D eigenvalue weighted by molar-refractivity contribution is -0.384. The second-order valence-electron chi connectivity index (χ2n) is 5.32. The molecule has 0 saturated carbocycles. The lowest BCUT2D eigenvalue weighted by Crippen LogP contribution is -2.13. The van der Waals surface area contributed by atoms with Crippen LogP contribution in [0.1, 0.15) is 5.56 Å². The third-order valence-corrected chi connectivity index (χ3v) is 4.39. The standard InChI is InChI=1S/C18H9BrFN3O3/c19-15-3-1-2-12(17(15)20)13-8-16(22-18(24)14(13)9-21)10-4-6-11(7-5-10)23(25)26/h1-8H,(H,22,24). The van der Waals surface area contributed by atoms with Crippen LogP contribution < -0.4 is 5.56 Å².